The van der Waals surface area contributed by atoms with Crippen LogP contribution in [0.3, 0.4) is 0 Å². The molecule has 0 saturated carbocycles. The van der Waals surface area contributed by atoms with E-state index in [4.69, 9.17) is 4.74 Å². The van der Waals surface area contributed by atoms with Crippen molar-refractivity contribution in [3.63, 3.8) is 0 Å². The third-order valence-corrected chi connectivity index (χ3v) is 3.48. The van der Waals surface area contributed by atoms with Crippen molar-refractivity contribution in [2.75, 3.05) is 20.0 Å². The van der Waals surface area contributed by atoms with Crippen molar-refractivity contribution < 1.29 is 14.3 Å². The Kier molecular flexibility index (Phi) is 5.19. The Hall–Kier alpha value is -1.16. The van der Waals surface area contributed by atoms with Gasteiger partial charge in [-0.2, -0.15) is 0 Å². The molecule has 0 amide bonds. The van der Waals surface area contributed by atoms with Crippen LogP contribution in [0.15, 0.2) is 29.2 Å². The molecule has 1 atom stereocenters. The van der Waals surface area contributed by atoms with Crippen LogP contribution in [0.2, 0.25) is 0 Å². The zero-order valence-corrected chi connectivity index (χ0v) is 10.5. The highest BCUT2D eigenvalue weighted by Crippen LogP contribution is 2.30. The molecule has 0 aliphatic carbocycles. The summed E-state index contributed by atoms with van der Waals surface area (Å²) in [6.45, 7) is 1.86. The molecule has 4 heteroatoms. The lowest BCUT2D eigenvalue weighted by molar-refractivity contribution is -0.143. The second kappa shape index (κ2) is 6.43. The van der Waals surface area contributed by atoms with Gasteiger partial charge in [-0.3, -0.25) is 4.79 Å². The van der Waals surface area contributed by atoms with Gasteiger partial charge in [0.1, 0.15) is 5.75 Å². The number of para-hydroxylation sites is 1. The molecule has 0 aromatic heterocycles. The first-order valence-electron chi connectivity index (χ1n) is 5.02. The Balaban J connectivity index is 2.57. The first-order chi connectivity index (χ1) is 7.69. The van der Waals surface area contributed by atoms with Gasteiger partial charge in [-0.15, -0.1) is 11.8 Å². The fourth-order valence-corrected chi connectivity index (χ4v) is 2.26. The maximum absolute atomic E-state index is 11.2. The van der Waals surface area contributed by atoms with Crippen molar-refractivity contribution in [1.82, 2.24) is 0 Å². The van der Waals surface area contributed by atoms with Crippen molar-refractivity contribution in [3.05, 3.63) is 24.3 Å². The number of hydrogen-bond acceptors (Lipinski definition) is 4. The summed E-state index contributed by atoms with van der Waals surface area (Å²) in [5.74, 6) is 1.24. The largest absolute Gasteiger partial charge is 0.496 e. The topological polar surface area (TPSA) is 35.5 Å². The average molecular weight is 240 g/mol. The van der Waals surface area contributed by atoms with Crippen molar-refractivity contribution in [1.29, 1.82) is 0 Å². The molecule has 0 aliphatic rings. The number of ether oxygens (including phenoxy) is 2. The van der Waals surface area contributed by atoms with Crippen LogP contribution in [0.5, 0.6) is 5.75 Å². The third-order valence-electron chi connectivity index (χ3n) is 2.16. The fourth-order valence-electron chi connectivity index (χ4n) is 1.22. The molecule has 0 spiro atoms. The number of hydrogen-bond donors (Lipinski definition) is 0. The lowest BCUT2D eigenvalue weighted by Crippen LogP contribution is -2.14. The number of carbonyl (C=O) groups is 1. The molecule has 0 saturated heterocycles. The van der Waals surface area contributed by atoms with Crippen molar-refractivity contribution in [2.45, 2.75) is 11.8 Å². The normalized spacial score (nSPS) is 11.9. The summed E-state index contributed by atoms with van der Waals surface area (Å²) in [7, 11) is 3.05. The molecule has 1 aromatic rings. The Labute approximate surface area is 100 Å². The van der Waals surface area contributed by atoms with E-state index in [0.717, 1.165) is 10.6 Å². The highest BCUT2D eigenvalue weighted by atomic mass is 32.2. The predicted octanol–water partition coefficient (Wildman–Crippen LogP) is 2.60. The Morgan fingerprint density at radius 1 is 1.38 bits per heavy atom. The zero-order valence-electron chi connectivity index (χ0n) is 9.73. The summed E-state index contributed by atoms with van der Waals surface area (Å²) in [6, 6.07) is 7.76. The molecule has 0 N–H and O–H groups in total. The van der Waals surface area contributed by atoms with Crippen LogP contribution >= 0.6 is 11.8 Å². The van der Waals surface area contributed by atoms with E-state index in [0.29, 0.717) is 5.75 Å². The van der Waals surface area contributed by atoms with Crippen LogP contribution in [0.1, 0.15) is 6.92 Å². The predicted molar refractivity (Wildman–Crippen MR) is 64.9 cm³/mol. The summed E-state index contributed by atoms with van der Waals surface area (Å²) in [4.78, 5) is 12.3. The first-order valence-corrected chi connectivity index (χ1v) is 6.01. The summed E-state index contributed by atoms with van der Waals surface area (Å²) >= 11 is 1.60. The molecular weight excluding hydrogens is 224 g/mol. The molecular formula is C12H16O3S. The Morgan fingerprint density at radius 2 is 2.06 bits per heavy atom. The van der Waals surface area contributed by atoms with Gasteiger partial charge in [-0.05, 0) is 12.1 Å². The third kappa shape index (κ3) is 3.45. The Morgan fingerprint density at radius 3 is 2.69 bits per heavy atom. The minimum absolute atomic E-state index is 0.111. The van der Waals surface area contributed by atoms with Crippen LogP contribution < -0.4 is 4.74 Å². The molecule has 0 bridgehead atoms. The van der Waals surface area contributed by atoms with Crippen LogP contribution in [0, 0.1) is 5.92 Å². The molecule has 0 radical (unpaired) electrons. The molecule has 88 valence electrons. The monoisotopic (exact) mass is 240 g/mol. The minimum Gasteiger partial charge on any atom is -0.496 e. The quantitative estimate of drug-likeness (QED) is 0.585. The van der Waals surface area contributed by atoms with Gasteiger partial charge in [-0.25, -0.2) is 0 Å². The second-order valence-corrected chi connectivity index (χ2v) is 4.45. The average Bonchev–Trinajstić information content (AvgIpc) is 2.35. The highest BCUT2D eigenvalue weighted by Gasteiger charge is 2.14. The van der Waals surface area contributed by atoms with Gasteiger partial charge in [0.25, 0.3) is 0 Å². The summed E-state index contributed by atoms with van der Waals surface area (Å²) in [6.07, 6.45) is 0. The van der Waals surface area contributed by atoms with Gasteiger partial charge >= 0.3 is 5.97 Å². The lowest BCUT2D eigenvalue weighted by Gasteiger charge is -2.10. The zero-order chi connectivity index (χ0) is 12.0. The maximum Gasteiger partial charge on any atom is 0.309 e. The van der Waals surface area contributed by atoms with E-state index in [1.54, 1.807) is 18.9 Å². The summed E-state index contributed by atoms with van der Waals surface area (Å²) in [5, 5.41) is 0. The smallest absolute Gasteiger partial charge is 0.309 e. The van der Waals surface area contributed by atoms with E-state index in [1.165, 1.54) is 7.11 Å². The highest BCUT2D eigenvalue weighted by molar-refractivity contribution is 7.99. The van der Waals surface area contributed by atoms with Crippen LogP contribution in [-0.2, 0) is 9.53 Å². The molecule has 1 unspecified atom stereocenters. The van der Waals surface area contributed by atoms with E-state index in [-0.39, 0.29) is 11.9 Å². The molecule has 1 rings (SSSR count). The van der Waals surface area contributed by atoms with Crippen LogP contribution in [0.25, 0.3) is 0 Å². The number of thioether (sulfide) groups is 1. The summed E-state index contributed by atoms with van der Waals surface area (Å²) < 4.78 is 9.90. The number of esters is 1. The minimum atomic E-state index is -0.178. The standard InChI is InChI=1S/C12H16O3S/c1-9(12(13)15-3)8-16-11-7-5-4-6-10(11)14-2/h4-7,9H,8H2,1-3H3. The van der Waals surface area contributed by atoms with E-state index in [9.17, 15) is 4.79 Å². The van der Waals surface area contributed by atoms with E-state index in [1.807, 2.05) is 31.2 Å². The van der Waals surface area contributed by atoms with Gasteiger partial charge in [0.2, 0.25) is 0 Å². The van der Waals surface area contributed by atoms with Crippen molar-refractivity contribution >= 4 is 17.7 Å². The van der Waals surface area contributed by atoms with Crippen molar-refractivity contribution in [3.8, 4) is 5.75 Å². The summed E-state index contributed by atoms with van der Waals surface area (Å²) in [5.41, 5.74) is 0. The number of carbonyl (C=O) groups excluding carboxylic acids is 1. The molecule has 0 heterocycles. The van der Waals surface area contributed by atoms with Gasteiger partial charge in [0.15, 0.2) is 0 Å². The maximum atomic E-state index is 11.2. The second-order valence-electron chi connectivity index (χ2n) is 3.39. The van der Waals surface area contributed by atoms with Gasteiger partial charge in [0.05, 0.1) is 20.1 Å². The van der Waals surface area contributed by atoms with Gasteiger partial charge < -0.3 is 9.47 Å². The lowest BCUT2D eigenvalue weighted by atomic mass is 10.2. The molecule has 0 aliphatic heterocycles. The molecule has 1 aromatic carbocycles. The van der Waals surface area contributed by atoms with E-state index >= 15 is 0 Å². The van der Waals surface area contributed by atoms with Crippen LogP contribution in [0.4, 0.5) is 0 Å². The Bertz CT molecular complexity index is 352. The van der Waals surface area contributed by atoms with Gasteiger partial charge in [-0.1, -0.05) is 19.1 Å². The van der Waals surface area contributed by atoms with E-state index < -0.39 is 0 Å². The number of rotatable bonds is 5. The first kappa shape index (κ1) is 12.9. The SMILES string of the molecule is COC(=O)C(C)CSc1ccccc1OC. The van der Waals surface area contributed by atoms with Gasteiger partial charge in [0, 0.05) is 10.6 Å². The molecule has 0 fully saturated rings. The van der Waals surface area contributed by atoms with E-state index in [2.05, 4.69) is 4.74 Å². The number of benzene rings is 1. The fraction of sp³-hybridized carbons (Fsp3) is 0.417. The number of methoxy groups -OCH3 is 2. The van der Waals surface area contributed by atoms with Crippen molar-refractivity contribution in [2.24, 2.45) is 5.92 Å². The molecule has 16 heavy (non-hydrogen) atoms. The molecule has 3 nitrogen and oxygen atoms in total. The van der Waals surface area contributed by atoms with Crippen LogP contribution in [-0.4, -0.2) is 25.9 Å².